The molecule has 1 fully saturated rings. The number of guanidine groups is 1. The quantitative estimate of drug-likeness (QED) is 0.402. The van der Waals surface area contributed by atoms with Crippen LogP contribution in [-0.2, 0) is 14.3 Å². The van der Waals surface area contributed by atoms with Crippen molar-refractivity contribution in [1.82, 2.24) is 10.2 Å². The Morgan fingerprint density at radius 3 is 2.83 bits per heavy atom. The van der Waals surface area contributed by atoms with E-state index in [2.05, 4.69) is 20.5 Å². The molecule has 1 heterocycles. The zero-order valence-corrected chi connectivity index (χ0v) is 16.4. The largest absolute Gasteiger partial charge is 0.382 e. The van der Waals surface area contributed by atoms with Gasteiger partial charge in [0, 0.05) is 32.9 Å². The number of halogens is 1. The number of amides is 1. The van der Waals surface area contributed by atoms with E-state index >= 15 is 0 Å². The Morgan fingerprint density at radius 1 is 1.42 bits per heavy atom. The molecule has 1 atom stereocenters. The minimum Gasteiger partial charge on any atom is -0.382 e. The molecule has 1 amide bonds. The summed E-state index contributed by atoms with van der Waals surface area (Å²) in [7, 11) is 3.36. The minimum atomic E-state index is -0.112. The number of hydrogen-bond acceptors (Lipinski definition) is 4. The van der Waals surface area contributed by atoms with Crippen LogP contribution in [0.15, 0.2) is 35.3 Å². The standard InChI is InChI=1S/C16H24N4O3.HI/c1-17-16(20-8-9-23-14(11-20)12-22-2)18-10-15(21)19-13-6-4-3-5-7-13;/h3-7,14H,8-12H2,1-2H3,(H,17,18)(H,19,21);1H. The van der Waals surface area contributed by atoms with Crippen LogP contribution in [0, 0.1) is 0 Å². The fourth-order valence-corrected chi connectivity index (χ4v) is 2.42. The summed E-state index contributed by atoms with van der Waals surface area (Å²) in [4.78, 5) is 18.3. The Labute approximate surface area is 159 Å². The fourth-order valence-electron chi connectivity index (χ4n) is 2.42. The molecule has 1 aromatic carbocycles. The van der Waals surface area contributed by atoms with Crippen LogP contribution in [0.25, 0.3) is 0 Å². The molecule has 24 heavy (non-hydrogen) atoms. The number of aliphatic imine (C=N–C) groups is 1. The van der Waals surface area contributed by atoms with Crippen LogP contribution in [0.5, 0.6) is 0 Å². The first-order valence-electron chi connectivity index (χ1n) is 7.64. The summed E-state index contributed by atoms with van der Waals surface area (Å²) in [6, 6.07) is 9.37. The van der Waals surface area contributed by atoms with Gasteiger partial charge in [-0.05, 0) is 12.1 Å². The van der Waals surface area contributed by atoms with Crippen molar-refractivity contribution in [2.24, 2.45) is 4.99 Å². The van der Waals surface area contributed by atoms with Gasteiger partial charge in [0.05, 0.1) is 25.9 Å². The molecule has 1 aliphatic rings. The number of nitrogens with zero attached hydrogens (tertiary/aromatic N) is 2. The van der Waals surface area contributed by atoms with Gasteiger partial charge in [0.15, 0.2) is 5.96 Å². The molecule has 0 aliphatic carbocycles. The number of ether oxygens (including phenoxy) is 2. The minimum absolute atomic E-state index is 0. The number of methoxy groups -OCH3 is 1. The SMILES string of the molecule is CN=C(NCC(=O)Nc1ccccc1)N1CCOC(COC)C1.I. The summed E-state index contributed by atoms with van der Waals surface area (Å²) in [5, 5.41) is 5.92. The zero-order valence-electron chi connectivity index (χ0n) is 14.0. The van der Waals surface area contributed by atoms with Crippen molar-refractivity contribution in [3.05, 3.63) is 30.3 Å². The number of nitrogens with one attached hydrogen (secondary N) is 2. The maximum absolute atomic E-state index is 12.0. The lowest BCUT2D eigenvalue weighted by Gasteiger charge is -2.34. The highest BCUT2D eigenvalue weighted by Gasteiger charge is 2.22. The van der Waals surface area contributed by atoms with E-state index in [0.717, 1.165) is 12.2 Å². The number of rotatable bonds is 5. The highest BCUT2D eigenvalue weighted by molar-refractivity contribution is 14.0. The van der Waals surface area contributed by atoms with Crippen LogP contribution < -0.4 is 10.6 Å². The smallest absolute Gasteiger partial charge is 0.243 e. The van der Waals surface area contributed by atoms with E-state index in [1.807, 2.05) is 30.3 Å². The Balaban J connectivity index is 0.00000288. The lowest BCUT2D eigenvalue weighted by atomic mass is 10.3. The summed E-state index contributed by atoms with van der Waals surface area (Å²) in [5.41, 5.74) is 0.779. The highest BCUT2D eigenvalue weighted by atomic mass is 127. The van der Waals surface area contributed by atoms with E-state index in [0.29, 0.717) is 25.7 Å². The third-order valence-corrected chi connectivity index (χ3v) is 3.47. The highest BCUT2D eigenvalue weighted by Crippen LogP contribution is 2.06. The summed E-state index contributed by atoms with van der Waals surface area (Å²) in [5.74, 6) is 0.580. The number of morpholine rings is 1. The van der Waals surface area contributed by atoms with Crippen molar-refractivity contribution < 1.29 is 14.3 Å². The molecule has 1 unspecified atom stereocenters. The number of carbonyl (C=O) groups excluding carboxylic acids is 1. The summed E-state index contributed by atoms with van der Waals surface area (Å²) >= 11 is 0. The first kappa shape index (κ1) is 20.7. The second-order valence-electron chi connectivity index (χ2n) is 5.21. The van der Waals surface area contributed by atoms with Crippen LogP contribution in [0.1, 0.15) is 0 Å². The lowest BCUT2D eigenvalue weighted by molar-refractivity contribution is -0.115. The fraction of sp³-hybridized carbons (Fsp3) is 0.500. The molecule has 8 heteroatoms. The van der Waals surface area contributed by atoms with Crippen molar-refractivity contribution >= 4 is 41.5 Å². The van der Waals surface area contributed by atoms with Gasteiger partial charge >= 0.3 is 0 Å². The molecule has 1 aliphatic heterocycles. The van der Waals surface area contributed by atoms with Crippen molar-refractivity contribution in [1.29, 1.82) is 0 Å². The number of benzene rings is 1. The average Bonchev–Trinajstić information content (AvgIpc) is 2.57. The Morgan fingerprint density at radius 2 is 2.17 bits per heavy atom. The lowest BCUT2D eigenvalue weighted by Crippen LogP contribution is -2.52. The van der Waals surface area contributed by atoms with Crippen molar-refractivity contribution in [2.45, 2.75) is 6.10 Å². The maximum Gasteiger partial charge on any atom is 0.243 e. The van der Waals surface area contributed by atoms with Gasteiger partial charge in [0.1, 0.15) is 0 Å². The van der Waals surface area contributed by atoms with Crippen molar-refractivity contribution in [3.8, 4) is 0 Å². The van der Waals surface area contributed by atoms with Gasteiger partial charge in [-0.3, -0.25) is 9.79 Å². The second kappa shape index (κ2) is 11.2. The molecule has 134 valence electrons. The van der Waals surface area contributed by atoms with Gasteiger partial charge in [-0.15, -0.1) is 24.0 Å². The van der Waals surface area contributed by atoms with Gasteiger partial charge in [-0.2, -0.15) is 0 Å². The number of para-hydroxylation sites is 1. The molecule has 2 N–H and O–H groups in total. The van der Waals surface area contributed by atoms with Crippen molar-refractivity contribution in [3.63, 3.8) is 0 Å². The number of hydrogen-bond donors (Lipinski definition) is 2. The molecule has 2 rings (SSSR count). The normalized spacial score (nSPS) is 17.8. The topological polar surface area (TPSA) is 75.2 Å². The summed E-state index contributed by atoms with van der Waals surface area (Å²) in [6.45, 7) is 2.74. The van der Waals surface area contributed by atoms with E-state index in [-0.39, 0.29) is 42.5 Å². The Kier molecular flexibility index (Phi) is 9.65. The third-order valence-electron chi connectivity index (χ3n) is 3.47. The van der Waals surface area contributed by atoms with Gasteiger partial charge < -0.3 is 25.0 Å². The van der Waals surface area contributed by atoms with Crippen LogP contribution in [0.3, 0.4) is 0 Å². The van der Waals surface area contributed by atoms with Crippen LogP contribution in [-0.4, -0.2) is 69.9 Å². The number of anilines is 1. The second-order valence-corrected chi connectivity index (χ2v) is 5.21. The predicted octanol–water partition coefficient (Wildman–Crippen LogP) is 1.17. The average molecular weight is 448 g/mol. The van der Waals surface area contributed by atoms with Crippen molar-refractivity contribution in [2.75, 3.05) is 52.3 Å². The van der Waals surface area contributed by atoms with E-state index in [4.69, 9.17) is 9.47 Å². The van der Waals surface area contributed by atoms with E-state index in [1.54, 1.807) is 14.2 Å². The molecule has 7 nitrogen and oxygen atoms in total. The molecule has 1 aromatic rings. The summed E-state index contributed by atoms with van der Waals surface area (Å²) < 4.78 is 10.8. The first-order valence-corrected chi connectivity index (χ1v) is 7.64. The third kappa shape index (κ3) is 6.62. The molecule has 1 saturated heterocycles. The monoisotopic (exact) mass is 448 g/mol. The molecular formula is C16H25IN4O3. The molecule has 0 radical (unpaired) electrons. The van der Waals surface area contributed by atoms with Gasteiger partial charge in [-0.25, -0.2) is 0 Å². The Hall–Kier alpha value is -1.39. The first-order chi connectivity index (χ1) is 11.2. The van der Waals surface area contributed by atoms with Gasteiger partial charge in [0.2, 0.25) is 5.91 Å². The van der Waals surface area contributed by atoms with E-state index in [1.165, 1.54) is 0 Å². The molecule has 0 saturated carbocycles. The molecule has 0 aromatic heterocycles. The summed E-state index contributed by atoms with van der Waals surface area (Å²) in [6.07, 6.45) is 0.0189. The molecule has 0 bridgehead atoms. The predicted molar refractivity (Wildman–Crippen MR) is 105 cm³/mol. The maximum atomic E-state index is 12.0. The zero-order chi connectivity index (χ0) is 16.5. The Bertz CT molecular complexity index is 525. The van der Waals surface area contributed by atoms with Gasteiger partial charge in [-0.1, -0.05) is 18.2 Å². The van der Waals surface area contributed by atoms with E-state index < -0.39 is 0 Å². The van der Waals surface area contributed by atoms with Gasteiger partial charge in [0.25, 0.3) is 0 Å². The van der Waals surface area contributed by atoms with Crippen LogP contribution >= 0.6 is 24.0 Å². The molecular weight excluding hydrogens is 423 g/mol. The van der Waals surface area contributed by atoms with Crippen LogP contribution in [0.2, 0.25) is 0 Å². The van der Waals surface area contributed by atoms with Crippen LogP contribution in [0.4, 0.5) is 5.69 Å². The molecule has 0 spiro atoms. The van der Waals surface area contributed by atoms with E-state index in [9.17, 15) is 4.79 Å². The number of carbonyl (C=O) groups is 1.